The molecule has 2 aromatic heterocycles. The topological polar surface area (TPSA) is 105 Å². The molecular formula is C22H25N5O2. The molecule has 2 aliphatic heterocycles. The van der Waals surface area contributed by atoms with Crippen molar-refractivity contribution in [2.24, 2.45) is 0 Å². The van der Waals surface area contributed by atoms with Gasteiger partial charge in [-0.15, -0.1) is 0 Å². The Kier molecular flexibility index (Phi) is 4.65. The van der Waals surface area contributed by atoms with Gasteiger partial charge in [0.25, 0.3) is 0 Å². The molecular weight excluding hydrogens is 366 g/mol. The minimum Gasteiger partial charge on any atom is -0.444 e. The molecule has 2 aliphatic rings. The van der Waals surface area contributed by atoms with Crippen LogP contribution in [0, 0.1) is 11.3 Å². The number of nitrogens with two attached hydrogens (primary N) is 1. The number of anilines is 1. The third kappa shape index (κ3) is 3.63. The minimum absolute atomic E-state index is 0.118. The molecule has 1 amide bonds. The summed E-state index contributed by atoms with van der Waals surface area (Å²) < 4.78 is 5.64. The fraction of sp³-hybridized carbons (Fsp3) is 0.455. The summed E-state index contributed by atoms with van der Waals surface area (Å²) in [5.41, 5.74) is 8.66. The zero-order valence-corrected chi connectivity index (χ0v) is 16.9. The number of carbonyl (C=O) groups excluding carboxylic acids is 1. The van der Waals surface area contributed by atoms with E-state index in [1.54, 1.807) is 12.3 Å². The van der Waals surface area contributed by atoms with E-state index < -0.39 is 5.60 Å². The summed E-state index contributed by atoms with van der Waals surface area (Å²) in [4.78, 5) is 23.2. The van der Waals surface area contributed by atoms with Crippen LogP contribution >= 0.6 is 0 Å². The van der Waals surface area contributed by atoms with Gasteiger partial charge in [0.05, 0.1) is 0 Å². The lowest BCUT2D eigenvalue weighted by Crippen LogP contribution is -2.40. The highest BCUT2D eigenvalue weighted by molar-refractivity contribution is 5.74. The highest BCUT2D eigenvalue weighted by atomic mass is 16.6. The van der Waals surface area contributed by atoms with Gasteiger partial charge in [0.2, 0.25) is 0 Å². The zero-order valence-electron chi connectivity index (χ0n) is 16.9. The zero-order chi connectivity index (χ0) is 20.8. The number of ether oxygens (including phenoxy) is 1. The van der Waals surface area contributed by atoms with Gasteiger partial charge in [0, 0.05) is 41.5 Å². The van der Waals surface area contributed by atoms with Crippen molar-refractivity contribution in [1.82, 2.24) is 14.9 Å². The minimum atomic E-state index is -0.507. The van der Waals surface area contributed by atoms with Crippen molar-refractivity contribution in [3.05, 3.63) is 41.9 Å². The summed E-state index contributed by atoms with van der Waals surface area (Å²) in [6, 6.07) is 7.89. The van der Waals surface area contributed by atoms with Crippen molar-refractivity contribution in [1.29, 1.82) is 5.26 Å². The quantitative estimate of drug-likeness (QED) is 0.833. The van der Waals surface area contributed by atoms with Crippen LogP contribution in [0.25, 0.3) is 11.1 Å². The fourth-order valence-electron chi connectivity index (χ4n) is 4.49. The van der Waals surface area contributed by atoms with Crippen molar-refractivity contribution >= 4 is 11.9 Å². The molecule has 2 bridgehead atoms. The lowest BCUT2D eigenvalue weighted by atomic mass is 9.84. The van der Waals surface area contributed by atoms with Crippen LogP contribution in [0.2, 0.25) is 0 Å². The van der Waals surface area contributed by atoms with Gasteiger partial charge in [-0.05, 0) is 63.8 Å². The highest BCUT2D eigenvalue weighted by Crippen LogP contribution is 2.47. The molecule has 2 N–H and O–H groups in total. The number of carbonyl (C=O) groups is 1. The maximum Gasteiger partial charge on any atom is 0.410 e. The van der Waals surface area contributed by atoms with Gasteiger partial charge >= 0.3 is 6.09 Å². The maximum absolute atomic E-state index is 12.7. The molecule has 4 rings (SSSR count). The van der Waals surface area contributed by atoms with Gasteiger partial charge in [-0.3, -0.25) is 0 Å². The smallest absolute Gasteiger partial charge is 0.410 e. The second-order valence-corrected chi connectivity index (χ2v) is 8.77. The molecule has 3 atom stereocenters. The average molecular weight is 391 g/mol. The van der Waals surface area contributed by atoms with Crippen molar-refractivity contribution in [3.8, 4) is 17.2 Å². The van der Waals surface area contributed by atoms with Crippen molar-refractivity contribution in [2.45, 2.75) is 63.6 Å². The summed E-state index contributed by atoms with van der Waals surface area (Å²) in [6.45, 7) is 5.67. The lowest BCUT2D eigenvalue weighted by Gasteiger charge is -2.28. The van der Waals surface area contributed by atoms with Crippen LogP contribution < -0.4 is 5.73 Å². The standard InChI is InChI=1S/C22H25N5O2/c1-22(2,3)29-21(28)27-16-6-7-19(27)17(9-16)14-8-18(20(24)26-12-14)13-4-5-15(10-23)25-11-13/h4-5,8,11-12,16-17,19H,6-7,9H2,1-3H3,(H2,24,26)/t16-,17+,19+/m0/s1. The Morgan fingerprint density at radius 2 is 2.07 bits per heavy atom. The Labute approximate surface area is 170 Å². The lowest BCUT2D eigenvalue weighted by molar-refractivity contribution is 0.0213. The third-order valence-corrected chi connectivity index (χ3v) is 5.70. The molecule has 0 aromatic carbocycles. The van der Waals surface area contributed by atoms with E-state index >= 15 is 0 Å². The maximum atomic E-state index is 12.7. The van der Waals surface area contributed by atoms with Crippen molar-refractivity contribution in [2.75, 3.05) is 5.73 Å². The van der Waals surface area contributed by atoms with Crippen LogP contribution in [0.1, 0.15) is 57.2 Å². The summed E-state index contributed by atoms with van der Waals surface area (Å²) in [5, 5.41) is 8.95. The molecule has 7 heteroatoms. The molecule has 2 fully saturated rings. The summed E-state index contributed by atoms with van der Waals surface area (Å²) in [7, 11) is 0. The van der Waals surface area contributed by atoms with Gasteiger partial charge in [-0.25, -0.2) is 14.8 Å². The molecule has 7 nitrogen and oxygen atoms in total. The molecule has 0 saturated carbocycles. The SMILES string of the molecule is CC(C)(C)OC(=O)N1[C@H]2CC[C@@H]1[C@@H](c1cnc(N)c(-c3ccc(C#N)nc3)c1)C2. The second kappa shape index (κ2) is 7.03. The summed E-state index contributed by atoms with van der Waals surface area (Å²) >= 11 is 0. The Morgan fingerprint density at radius 1 is 1.28 bits per heavy atom. The van der Waals surface area contributed by atoms with Gasteiger partial charge in [-0.1, -0.05) is 0 Å². The van der Waals surface area contributed by atoms with E-state index in [0.717, 1.165) is 36.0 Å². The number of aromatic nitrogens is 2. The van der Waals surface area contributed by atoms with Crippen LogP contribution in [0.15, 0.2) is 30.6 Å². The monoisotopic (exact) mass is 391 g/mol. The normalized spacial score (nSPS) is 23.1. The molecule has 0 aliphatic carbocycles. The molecule has 2 saturated heterocycles. The fourth-order valence-corrected chi connectivity index (χ4v) is 4.49. The van der Waals surface area contributed by atoms with Crippen molar-refractivity contribution in [3.63, 3.8) is 0 Å². The van der Waals surface area contributed by atoms with Gasteiger partial charge < -0.3 is 15.4 Å². The third-order valence-electron chi connectivity index (χ3n) is 5.70. The summed E-state index contributed by atoms with van der Waals surface area (Å²) in [6.07, 6.45) is 6.10. The number of nitrogen functional groups attached to an aromatic ring is 1. The Morgan fingerprint density at radius 3 is 2.72 bits per heavy atom. The number of hydrogen-bond donors (Lipinski definition) is 1. The number of fused-ring (bicyclic) bond motifs is 2. The van der Waals surface area contributed by atoms with E-state index in [1.807, 2.05) is 50.1 Å². The van der Waals surface area contributed by atoms with E-state index in [-0.39, 0.29) is 24.1 Å². The number of hydrogen-bond acceptors (Lipinski definition) is 6. The predicted molar refractivity (Wildman–Crippen MR) is 109 cm³/mol. The van der Waals surface area contributed by atoms with Crippen LogP contribution in [0.4, 0.5) is 10.6 Å². The van der Waals surface area contributed by atoms with Crippen LogP contribution in [-0.2, 0) is 4.74 Å². The van der Waals surface area contributed by atoms with E-state index in [0.29, 0.717) is 11.5 Å². The van der Waals surface area contributed by atoms with Crippen LogP contribution in [0.5, 0.6) is 0 Å². The van der Waals surface area contributed by atoms with E-state index in [4.69, 9.17) is 15.7 Å². The molecule has 4 heterocycles. The Bertz CT molecular complexity index is 974. The molecule has 0 radical (unpaired) electrons. The number of nitriles is 1. The number of rotatable bonds is 2. The number of nitrogens with zero attached hydrogens (tertiary/aromatic N) is 4. The average Bonchev–Trinajstić information content (AvgIpc) is 3.25. The Balaban J connectivity index is 1.61. The molecule has 150 valence electrons. The molecule has 0 unspecified atom stereocenters. The first kappa shape index (κ1) is 19.2. The van der Waals surface area contributed by atoms with E-state index in [1.165, 1.54) is 0 Å². The van der Waals surface area contributed by atoms with Crippen molar-refractivity contribution < 1.29 is 9.53 Å². The first-order valence-electron chi connectivity index (χ1n) is 9.90. The van der Waals surface area contributed by atoms with Gasteiger partial charge in [-0.2, -0.15) is 5.26 Å². The number of amides is 1. The van der Waals surface area contributed by atoms with Crippen LogP contribution in [0.3, 0.4) is 0 Å². The number of pyridine rings is 2. The van der Waals surface area contributed by atoms with Gasteiger partial charge in [0.1, 0.15) is 23.2 Å². The first-order valence-corrected chi connectivity index (χ1v) is 9.90. The molecule has 2 aromatic rings. The Hall–Kier alpha value is -3.14. The highest BCUT2D eigenvalue weighted by Gasteiger charge is 2.50. The summed E-state index contributed by atoms with van der Waals surface area (Å²) in [5.74, 6) is 0.631. The van der Waals surface area contributed by atoms with E-state index in [2.05, 4.69) is 9.97 Å². The predicted octanol–water partition coefficient (Wildman–Crippen LogP) is 3.85. The first-order chi connectivity index (χ1) is 13.8. The molecule has 29 heavy (non-hydrogen) atoms. The second-order valence-electron chi connectivity index (χ2n) is 8.77. The molecule has 0 spiro atoms. The van der Waals surface area contributed by atoms with Gasteiger partial charge in [0.15, 0.2) is 0 Å². The largest absolute Gasteiger partial charge is 0.444 e. The van der Waals surface area contributed by atoms with Crippen LogP contribution in [-0.4, -0.2) is 38.6 Å². The van der Waals surface area contributed by atoms with E-state index in [9.17, 15) is 4.79 Å².